The highest BCUT2D eigenvalue weighted by Crippen LogP contribution is 2.06. The third-order valence-electron chi connectivity index (χ3n) is 3.24. The third-order valence-corrected chi connectivity index (χ3v) is 3.24. The van der Waals surface area contributed by atoms with Crippen molar-refractivity contribution in [3.05, 3.63) is 0 Å². The standard InChI is InChI=1S/C16H32O4/c1-3-5-7-9-11-13-19-16(15(17)18)20-14-12-10-8-6-4-2/h16H,3-14H2,1-2H3,(H,17,18). The van der Waals surface area contributed by atoms with Crippen molar-refractivity contribution in [1.29, 1.82) is 0 Å². The Balaban J connectivity index is 3.53. The van der Waals surface area contributed by atoms with Crippen molar-refractivity contribution < 1.29 is 19.4 Å². The molecule has 0 atom stereocenters. The first-order chi connectivity index (χ1) is 9.72. The number of hydrogen-bond donors (Lipinski definition) is 1. The Morgan fingerprint density at radius 2 is 1.20 bits per heavy atom. The number of rotatable bonds is 15. The molecule has 4 nitrogen and oxygen atoms in total. The molecule has 0 spiro atoms. The van der Waals surface area contributed by atoms with Gasteiger partial charge in [-0.2, -0.15) is 0 Å². The van der Waals surface area contributed by atoms with E-state index in [-0.39, 0.29) is 0 Å². The van der Waals surface area contributed by atoms with Gasteiger partial charge in [-0.15, -0.1) is 0 Å². The largest absolute Gasteiger partial charge is 0.477 e. The maximum absolute atomic E-state index is 11.0. The van der Waals surface area contributed by atoms with Crippen LogP contribution in [0.3, 0.4) is 0 Å². The molecule has 0 bridgehead atoms. The highest BCUT2D eigenvalue weighted by Gasteiger charge is 2.17. The highest BCUT2D eigenvalue weighted by atomic mass is 16.7. The molecule has 20 heavy (non-hydrogen) atoms. The molecule has 0 heterocycles. The lowest BCUT2D eigenvalue weighted by molar-refractivity contribution is -0.189. The Morgan fingerprint density at radius 1 is 0.800 bits per heavy atom. The van der Waals surface area contributed by atoms with Crippen molar-refractivity contribution in [3.63, 3.8) is 0 Å². The fourth-order valence-electron chi connectivity index (χ4n) is 1.98. The maximum Gasteiger partial charge on any atom is 0.361 e. The summed E-state index contributed by atoms with van der Waals surface area (Å²) in [6.45, 7) is 5.28. The van der Waals surface area contributed by atoms with Crippen LogP contribution in [0.2, 0.25) is 0 Å². The van der Waals surface area contributed by atoms with Crippen LogP contribution in [0.1, 0.15) is 78.1 Å². The highest BCUT2D eigenvalue weighted by molar-refractivity contribution is 5.70. The van der Waals surface area contributed by atoms with E-state index < -0.39 is 12.3 Å². The van der Waals surface area contributed by atoms with Gasteiger partial charge < -0.3 is 14.6 Å². The predicted octanol–water partition coefficient (Wildman–Crippen LogP) is 4.37. The van der Waals surface area contributed by atoms with E-state index in [1.54, 1.807) is 0 Å². The summed E-state index contributed by atoms with van der Waals surface area (Å²) in [5.41, 5.74) is 0. The van der Waals surface area contributed by atoms with Crippen LogP contribution in [0, 0.1) is 0 Å². The Morgan fingerprint density at radius 3 is 1.55 bits per heavy atom. The molecule has 0 aliphatic heterocycles. The van der Waals surface area contributed by atoms with Crippen LogP contribution >= 0.6 is 0 Å². The van der Waals surface area contributed by atoms with Gasteiger partial charge in [-0.3, -0.25) is 0 Å². The van der Waals surface area contributed by atoms with Crippen LogP contribution < -0.4 is 0 Å². The molecule has 0 saturated carbocycles. The molecule has 0 aromatic rings. The summed E-state index contributed by atoms with van der Waals surface area (Å²) >= 11 is 0. The molecule has 0 unspecified atom stereocenters. The van der Waals surface area contributed by atoms with Gasteiger partial charge in [0.2, 0.25) is 0 Å². The number of ether oxygens (including phenoxy) is 2. The van der Waals surface area contributed by atoms with E-state index in [0.29, 0.717) is 13.2 Å². The van der Waals surface area contributed by atoms with Gasteiger partial charge >= 0.3 is 5.97 Å². The van der Waals surface area contributed by atoms with Crippen molar-refractivity contribution in [2.45, 2.75) is 84.3 Å². The minimum absolute atomic E-state index is 0.469. The van der Waals surface area contributed by atoms with Gasteiger partial charge in [0.25, 0.3) is 6.29 Å². The van der Waals surface area contributed by atoms with Crippen LogP contribution in [-0.4, -0.2) is 30.6 Å². The average Bonchev–Trinajstić information content (AvgIpc) is 2.43. The summed E-state index contributed by atoms with van der Waals surface area (Å²) in [5.74, 6) is -1.02. The molecule has 1 N–H and O–H groups in total. The van der Waals surface area contributed by atoms with E-state index in [1.165, 1.54) is 38.5 Å². The van der Waals surface area contributed by atoms with Crippen LogP contribution in [0.25, 0.3) is 0 Å². The number of carboxylic acids is 1. The summed E-state index contributed by atoms with van der Waals surface area (Å²) in [4.78, 5) is 11.0. The zero-order chi connectivity index (χ0) is 15.1. The van der Waals surface area contributed by atoms with Crippen LogP contribution in [0.4, 0.5) is 0 Å². The van der Waals surface area contributed by atoms with E-state index >= 15 is 0 Å². The van der Waals surface area contributed by atoms with Crippen LogP contribution in [0.5, 0.6) is 0 Å². The quantitative estimate of drug-likeness (QED) is 0.359. The normalized spacial score (nSPS) is 11.2. The Hall–Kier alpha value is -0.610. The van der Waals surface area contributed by atoms with Crippen molar-refractivity contribution in [3.8, 4) is 0 Å². The molecule has 0 rings (SSSR count). The maximum atomic E-state index is 11.0. The molecule has 0 fully saturated rings. The van der Waals surface area contributed by atoms with Crippen molar-refractivity contribution in [1.82, 2.24) is 0 Å². The second-order valence-corrected chi connectivity index (χ2v) is 5.24. The van der Waals surface area contributed by atoms with E-state index in [9.17, 15) is 4.79 Å². The van der Waals surface area contributed by atoms with E-state index in [4.69, 9.17) is 14.6 Å². The van der Waals surface area contributed by atoms with Gasteiger partial charge in [0, 0.05) is 0 Å². The van der Waals surface area contributed by atoms with E-state index in [2.05, 4.69) is 13.8 Å². The summed E-state index contributed by atoms with van der Waals surface area (Å²) in [6.07, 6.45) is 10.2. The Labute approximate surface area is 123 Å². The summed E-state index contributed by atoms with van der Waals surface area (Å²) in [6, 6.07) is 0. The smallest absolute Gasteiger partial charge is 0.361 e. The van der Waals surface area contributed by atoms with Gasteiger partial charge in [-0.25, -0.2) is 4.79 Å². The third kappa shape index (κ3) is 12.4. The second kappa shape index (κ2) is 14.8. The monoisotopic (exact) mass is 288 g/mol. The lowest BCUT2D eigenvalue weighted by Gasteiger charge is -2.14. The first kappa shape index (κ1) is 19.4. The summed E-state index contributed by atoms with van der Waals surface area (Å²) < 4.78 is 10.6. The number of unbranched alkanes of at least 4 members (excludes halogenated alkanes) is 8. The lowest BCUT2D eigenvalue weighted by Crippen LogP contribution is -2.28. The molecule has 0 aliphatic rings. The van der Waals surface area contributed by atoms with Crippen LogP contribution in [-0.2, 0) is 14.3 Å². The fourth-order valence-corrected chi connectivity index (χ4v) is 1.98. The Bertz CT molecular complexity index is 203. The molecule has 0 radical (unpaired) electrons. The minimum Gasteiger partial charge on any atom is -0.477 e. The zero-order valence-corrected chi connectivity index (χ0v) is 13.2. The molecule has 4 heteroatoms. The topological polar surface area (TPSA) is 55.8 Å². The number of hydrogen-bond acceptors (Lipinski definition) is 3. The number of aliphatic carboxylic acids is 1. The minimum atomic E-state index is -1.09. The molecule has 0 aliphatic carbocycles. The first-order valence-corrected chi connectivity index (χ1v) is 8.18. The van der Waals surface area contributed by atoms with Gasteiger partial charge in [-0.1, -0.05) is 65.2 Å². The average molecular weight is 288 g/mol. The van der Waals surface area contributed by atoms with Gasteiger partial charge in [-0.05, 0) is 12.8 Å². The van der Waals surface area contributed by atoms with Gasteiger partial charge in [0.05, 0.1) is 13.2 Å². The molecular weight excluding hydrogens is 256 g/mol. The molecule has 0 amide bonds. The molecule has 0 aromatic heterocycles. The predicted molar refractivity (Wildman–Crippen MR) is 80.8 cm³/mol. The lowest BCUT2D eigenvalue weighted by atomic mass is 10.2. The zero-order valence-electron chi connectivity index (χ0n) is 13.2. The van der Waals surface area contributed by atoms with Crippen molar-refractivity contribution in [2.24, 2.45) is 0 Å². The molecular formula is C16H32O4. The summed E-state index contributed by atoms with van der Waals surface area (Å²) in [7, 11) is 0. The first-order valence-electron chi connectivity index (χ1n) is 8.18. The number of carboxylic acid groups (broad SMARTS) is 1. The molecule has 0 saturated heterocycles. The summed E-state index contributed by atoms with van der Waals surface area (Å²) in [5, 5.41) is 9.00. The SMILES string of the molecule is CCCCCCCOC(OCCCCCCC)C(=O)O. The van der Waals surface area contributed by atoms with E-state index in [1.807, 2.05) is 0 Å². The van der Waals surface area contributed by atoms with Crippen LogP contribution in [0.15, 0.2) is 0 Å². The molecule has 0 aromatic carbocycles. The van der Waals surface area contributed by atoms with Gasteiger partial charge in [0.15, 0.2) is 0 Å². The van der Waals surface area contributed by atoms with Crippen molar-refractivity contribution >= 4 is 5.97 Å². The molecule has 120 valence electrons. The fraction of sp³-hybridized carbons (Fsp3) is 0.938. The van der Waals surface area contributed by atoms with Gasteiger partial charge in [0.1, 0.15) is 0 Å². The number of carbonyl (C=O) groups is 1. The second-order valence-electron chi connectivity index (χ2n) is 5.24. The Kier molecular flexibility index (Phi) is 14.3. The van der Waals surface area contributed by atoms with Crippen molar-refractivity contribution in [2.75, 3.05) is 13.2 Å². The van der Waals surface area contributed by atoms with E-state index in [0.717, 1.165) is 25.7 Å².